The maximum absolute atomic E-state index is 9.05. The number of benzene rings is 2. The molecular formula is C19H19N3O. The summed E-state index contributed by atoms with van der Waals surface area (Å²) in [6.07, 6.45) is 0. The summed E-state index contributed by atoms with van der Waals surface area (Å²) in [4.78, 5) is 0. The summed E-state index contributed by atoms with van der Waals surface area (Å²) in [5, 5.41) is 17.5. The van der Waals surface area contributed by atoms with Gasteiger partial charge >= 0.3 is 0 Å². The van der Waals surface area contributed by atoms with E-state index in [1.807, 2.05) is 36.4 Å². The number of anilines is 1. The number of rotatable bonds is 3. The van der Waals surface area contributed by atoms with Crippen molar-refractivity contribution in [3.05, 3.63) is 48.0 Å². The van der Waals surface area contributed by atoms with E-state index in [0.717, 1.165) is 34.5 Å². The summed E-state index contributed by atoms with van der Waals surface area (Å²) in [5.74, 6) is 0.758. The highest BCUT2D eigenvalue weighted by Crippen LogP contribution is 2.30. The van der Waals surface area contributed by atoms with Gasteiger partial charge in [0.25, 0.3) is 0 Å². The number of hydrogen-bond donors (Lipinski definition) is 1. The zero-order valence-corrected chi connectivity index (χ0v) is 13.6. The lowest BCUT2D eigenvalue weighted by atomic mass is 9.97. The van der Waals surface area contributed by atoms with Crippen molar-refractivity contribution in [2.24, 2.45) is 5.41 Å². The number of nitrogens with zero attached hydrogens (tertiary/aromatic N) is 2. The van der Waals surface area contributed by atoms with Crippen LogP contribution in [0.5, 0.6) is 0 Å². The third-order valence-electron chi connectivity index (χ3n) is 3.58. The summed E-state index contributed by atoms with van der Waals surface area (Å²) in [5.41, 5.74) is 3.61. The van der Waals surface area contributed by atoms with Gasteiger partial charge in [-0.2, -0.15) is 5.26 Å². The lowest BCUT2D eigenvalue weighted by Gasteiger charge is -2.18. The van der Waals surface area contributed by atoms with E-state index in [1.54, 1.807) is 6.07 Å². The van der Waals surface area contributed by atoms with E-state index >= 15 is 0 Å². The fraction of sp³-hybridized carbons (Fsp3) is 0.263. The van der Waals surface area contributed by atoms with Gasteiger partial charge < -0.3 is 9.84 Å². The van der Waals surface area contributed by atoms with Gasteiger partial charge in [0.2, 0.25) is 0 Å². The van der Waals surface area contributed by atoms with Crippen LogP contribution < -0.4 is 5.32 Å². The molecule has 3 rings (SSSR count). The summed E-state index contributed by atoms with van der Waals surface area (Å²) < 4.78 is 5.39. The quantitative estimate of drug-likeness (QED) is 0.753. The van der Waals surface area contributed by atoms with Gasteiger partial charge in [-0.05, 0) is 40.8 Å². The highest BCUT2D eigenvalue weighted by molar-refractivity contribution is 5.91. The Morgan fingerprint density at radius 2 is 1.91 bits per heavy atom. The van der Waals surface area contributed by atoms with Crippen LogP contribution in [-0.2, 0) is 0 Å². The molecule has 0 fully saturated rings. The lowest BCUT2D eigenvalue weighted by Crippen LogP contribution is -2.19. The van der Waals surface area contributed by atoms with Crippen LogP contribution in [0.4, 0.5) is 5.82 Å². The molecule has 0 bridgehead atoms. The molecule has 0 amide bonds. The molecule has 0 atom stereocenters. The van der Waals surface area contributed by atoms with E-state index < -0.39 is 0 Å². The average molecular weight is 305 g/mol. The minimum Gasteiger partial charge on any atom is -0.366 e. The molecule has 0 unspecified atom stereocenters. The van der Waals surface area contributed by atoms with Gasteiger partial charge in [0.1, 0.15) is 0 Å². The molecule has 1 heterocycles. The first-order chi connectivity index (χ1) is 11.0. The molecule has 116 valence electrons. The largest absolute Gasteiger partial charge is 0.366 e. The number of nitrogens with one attached hydrogen (secondary N) is 1. The Labute approximate surface area is 135 Å². The Hall–Kier alpha value is -2.80. The molecule has 0 spiro atoms. The Kier molecular flexibility index (Phi) is 3.79. The fourth-order valence-corrected chi connectivity index (χ4v) is 2.36. The van der Waals surface area contributed by atoms with E-state index in [9.17, 15) is 0 Å². The predicted octanol–water partition coefficient (Wildman–Crippen LogP) is 4.82. The SMILES string of the molecule is CC(C)(C)CNc1noc2ccc(-c3cccc(C#N)c3)cc12. The summed E-state index contributed by atoms with van der Waals surface area (Å²) in [7, 11) is 0. The van der Waals surface area contributed by atoms with Crippen LogP contribution in [-0.4, -0.2) is 11.7 Å². The van der Waals surface area contributed by atoms with Crippen molar-refractivity contribution in [1.82, 2.24) is 5.16 Å². The molecule has 2 aromatic carbocycles. The van der Waals surface area contributed by atoms with E-state index in [4.69, 9.17) is 9.78 Å². The first-order valence-corrected chi connectivity index (χ1v) is 7.60. The fourth-order valence-electron chi connectivity index (χ4n) is 2.36. The van der Waals surface area contributed by atoms with Crippen LogP contribution in [0.25, 0.3) is 22.1 Å². The number of nitriles is 1. The van der Waals surface area contributed by atoms with Crippen molar-refractivity contribution in [3.63, 3.8) is 0 Å². The molecule has 0 aliphatic rings. The third-order valence-corrected chi connectivity index (χ3v) is 3.58. The smallest absolute Gasteiger partial charge is 0.177 e. The van der Waals surface area contributed by atoms with Crippen LogP contribution in [0.3, 0.4) is 0 Å². The van der Waals surface area contributed by atoms with Crippen LogP contribution >= 0.6 is 0 Å². The maximum atomic E-state index is 9.05. The Bertz CT molecular complexity index is 882. The molecule has 1 aromatic heterocycles. The topological polar surface area (TPSA) is 61.9 Å². The molecule has 0 aliphatic heterocycles. The predicted molar refractivity (Wildman–Crippen MR) is 92.1 cm³/mol. The minimum absolute atomic E-state index is 0.157. The number of fused-ring (bicyclic) bond motifs is 1. The van der Waals surface area contributed by atoms with E-state index in [-0.39, 0.29) is 5.41 Å². The Morgan fingerprint density at radius 3 is 2.65 bits per heavy atom. The second-order valence-corrected chi connectivity index (χ2v) is 6.85. The van der Waals surface area contributed by atoms with Gasteiger partial charge in [-0.3, -0.25) is 0 Å². The number of aromatic nitrogens is 1. The van der Waals surface area contributed by atoms with Crippen molar-refractivity contribution in [2.75, 3.05) is 11.9 Å². The van der Waals surface area contributed by atoms with Crippen molar-refractivity contribution < 1.29 is 4.52 Å². The van der Waals surface area contributed by atoms with Gasteiger partial charge in [-0.1, -0.05) is 44.1 Å². The highest BCUT2D eigenvalue weighted by Gasteiger charge is 2.14. The maximum Gasteiger partial charge on any atom is 0.177 e. The van der Waals surface area contributed by atoms with Crippen molar-refractivity contribution >= 4 is 16.8 Å². The van der Waals surface area contributed by atoms with Crippen LogP contribution in [0.2, 0.25) is 0 Å². The summed E-state index contributed by atoms with van der Waals surface area (Å²) in [6, 6.07) is 15.7. The summed E-state index contributed by atoms with van der Waals surface area (Å²) >= 11 is 0. The third kappa shape index (κ3) is 3.35. The van der Waals surface area contributed by atoms with Gasteiger partial charge in [-0.25, -0.2) is 0 Å². The molecule has 23 heavy (non-hydrogen) atoms. The van der Waals surface area contributed by atoms with Gasteiger partial charge in [0.05, 0.1) is 17.0 Å². The molecule has 0 saturated heterocycles. The molecule has 0 aliphatic carbocycles. The van der Waals surface area contributed by atoms with Gasteiger partial charge in [-0.15, -0.1) is 0 Å². The van der Waals surface area contributed by atoms with Gasteiger partial charge in [0.15, 0.2) is 11.4 Å². The normalized spacial score (nSPS) is 11.4. The standard InChI is InChI=1S/C19H19N3O/c1-19(2,3)12-21-18-16-10-15(7-8-17(16)23-22-18)14-6-4-5-13(9-14)11-20/h4-10H,12H2,1-3H3,(H,21,22). The average Bonchev–Trinajstić information content (AvgIpc) is 2.94. The van der Waals surface area contributed by atoms with Crippen molar-refractivity contribution in [2.45, 2.75) is 20.8 Å². The molecule has 0 radical (unpaired) electrons. The molecule has 1 N–H and O–H groups in total. The zero-order valence-electron chi connectivity index (χ0n) is 13.6. The van der Waals surface area contributed by atoms with Crippen LogP contribution in [0, 0.1) is 16.7 Å². The van der Waals surface area contributed by atoms with E-state index in [1.165, 1.54) is 0 Å². The highest BCUT2D eigenvalue weighted by atomic mass is 16.5. The molecule has 4 heteroatoms. The van der Waals surface area contributed by atoms with Crippen molar-refractivity contribution in [1.29, 1.82) is 5.26 Å². The number of hydrogen-bond acceptors (Lipinski definition) is 4. The van der Waals surface area contributed by atoms with Crippen molar-refractivity contribution in [3.8, 4) is 17.2 Å². The molecule has 4 nitrogen and oxygen atoms in total. The first-order valence-electron chi connectivity index (χ1n) is 7.60. The minimum atomic E-state index is 0.157. The van der Waals surface area contributed by atoms with Crippen LogP contribution in [0.15, 0.2) is 47.0 Å². The van der Waals surface area contributed by atoms with E-state index in [0.29, 0.717) is 5.56 Å². The van der Waals surface area contributed by atoms with E-state index in [2.05, 4.69) is 37.3 Å². The first kappa shape index (κ1) is 15.1. The van der Waals surface area contributed by atoms with Gasteiger partial charge in [0, 0.05) is 6.54 Å². The lowest BCUT2D eigenvalue weighted by molar-refractivity contribution is 0.434. The zero-order chi connectivity index (χ0) is 16.4. The van der Waals surface area contributed by atoms with Crippen LogP contribution in [0.1, 0.15) is 26.3 Å². The second kappa shape index (κ2) is 5.77. The molecule has 0 saturated carbocycles. The Balaban J connectivity index is 1.99. The molecule has 3 aromatic rings. The summed E-state index contributed by atoms with van der Waals surface area (Å²) in [6.45, 7) is 7.31. The Morgan fingerprint density at radius 1 is 1.13 bits per heavy atom. The molecular weight excluding hydrogens is 286 g/mol. The second-order valence-electron chi connectivity index (χ2n) is 6.85. The monoisotopic (exact) mass is 305 g/mol.